The summed E-state index contributed by atoms with van der Waals surface area (Å²) in [4.78, 5) is 2.85. The summed E-state index contributed by atoms with van der Waals surface area (Å²) in [6.07, 6.45) is 1.10. The molecule has 0 aliphatic carbocycles. The molecule has 0 amide bonds. The molecule has 96 valence electrons. The Balaban J connectivity index is 1.78. The minimum atomic E-state index is 0.988. The largest absolute Gasteiger partial charge is 0.312 e. The average molecular weight is 259 g/mol. The molecule has 0 saturated heterocycles. The van der Waals surface area contributed by atoms with Crippen molar-refractivity contribution in [3.63, 3.8) is 0 Å². The third-order valence-electron chi connectivity index (χ3n) is 3.13. The maximum atomic E-state index is 3.53. The zero-order valence-corrected chi connectivity index (χ0v) is 12.2. The van der Waals surface area contributed by atoms with Gasteiger partial charge in [0.2, 0.25) is 0 Å². The Morgan fingerprint density at radius 1 is 1.11 bits per heavy atom. The van der Waals surface area contributed by atoms with Crippen LogP contribution in [0.2, 0.25) is 0 Å². The highest BCUT2D eigenvalue weighted by molar-refractivity contribution is 7.12. The number of nitrogens with one attached hydrogen (secondary N) is 1. The van der Waals surface area contributed by atoms with Crippen LogP contribution in [0.25, 0.3) is 0 Å². The van der Waals surface area contributed by atoms with Gasteiger partial charge in [-0.3, -0.25) is 0 Å². The molecule has 18 heavy (non-hydrogen) atoms. The predicted octanol–water partition coefficient (Wildman–Crippen LogP) is 4.01. The first-order valence-electron chi connectivity index (χ1n) is 6.47. The topological polar surface area (TPSA) is 12.0 Å². The first-order chi connectivity index (χ1) is 8.65. The van der Waals surface area contributed by atoms with E-state index in [-0.39, 0.29) is 0 Å². The van der Waals surface area contributed by atoms with Gasteiger partial charge in [0.15, 0.2) is 0 Å². The first kappa shape index (κ1) is 13.3. The van der Waals surface area contributed by atoms with Crippen LogP contribution in [-0.4, -0.2) is 6.54 Å². The highest BCUT2D eigenvalue weighted by atomic mass is 32.1. The summed E-state index contributed by atoms with van der Waals surface area (Å²) in [7, 11) is 0. The Kier molecular flexibility index (Phi) is 4.56. The maximum absolute atomic E-state index is 3.53. The standard InChI is InChI=1S/C16H21NS/c1-12-5-4-6-15(9-12)7-8-17-11-16-10-13(2)18-14(16)3/h4-6,9-10,17H,7-8,11H2,1-3H3. The van der Waals surface area contributed by atoms with Crippen molar-refractivity contribution in [3.8, 4) is 0 Å². The molecule has 0 aliphatic rings. The van der Waals surface area contributed by atoms with Gasteiger partial charge >= 0.3 is 0 Å². The van der Waals surface area contributed by atoms with Crippen LogP contribution in [0.4, 0.5) is 0 Å². The Bertz CT molecular complexity index is 514. The van der Waals surface area contributed by atoms with E-state index in [1.54, 1.807) is 0 Å². The van der Waals surface area contributed by atoms with E-state index in [1.165, 1.54) is 26.4 Å². The fraction of sp³-hybridized carbons (Fsp3) is 0.375. The summed E-state index contributed by atoms with van der Waals surface area (Å²) in [6.45, 7) is 8.55. The number of benzene rings is 1. The maximum Gasteiger partial charge on any atom is 0.0216 e. The van der Waals surface area contributed by atoms with Crippen LogP contribution in [0.5, 0.6) is 0 Å². The van der Waals surface area contributed by atoms with Crippen molar-refractivity contribution in [3.05, 3.63) is 56.8 Å². The normalized spacial score (nSPS) is 10.8. The van der Waals surface area contributed by atoms with Crippen LogP contribution in [-0.2, 0) is 13.0 Å². The predicted molar refractivity (Wildman–Crippen MR) is 80.4 cm³/mol. The Morgan fingerprint density at radius 3 is 2.61 bits per heavy atom. The molecule has 0 aliphatic heterocycles. The van der Waals surface area contributed by atoms with Crippen molar-refractivity contribution in [2.75, 3.05) is 6.54 Å². The van der Waals surface area contributed by atoms with Gasteiger partial charge in [-0.2, -0.15) is 0 Å². The molecule has 1 heterocycles. The van der Waals surface area contributed by atoms with Crippen molar-refractivity contribution in [2.45, 2.75) is 33.7 Å². The Morgan fingerprint density at radius 2 is 1.94 bits per heavy atom. The third-order valence-corrected chi connectivity index (χ3v) is 4.14. The van der Waals surface area contributed by atoms with Crippen molar-refractivity contribution in [2.24, 2.45) is 0 Å². The first-order valence-corrected chi connectivity index (χ1v) is 7.29. The summed E-state index contributed by atoms with van der Waals surface area (Å²) in [5, 5.41) is 3.53. The minimum absolute atomic E-state index is 0.988. The van der Waals surface area contributed by atoms with E-state index in [2.05, 4.69) is 56.4 Å². The molecule has 1 aromatic carbocycles. The molecule has 0 atom stereocenters. The molecule has 0 fully saturated rings. The lowest BCUT2D eigenvalue weighted by molar-refractivity contribution is 0.686. The Hall–Kier alpha value is -1.12. The van der Waals surface area contributed by atoms with Gasteiger partial charge in [-0.25, -0.2) is 0 Å². The van der Waals surface area contributed by atoms with Gasteiger partial charge in [-0.1, -0.05) is 29.8 Å². The SMILES string of the molecule is Cc1cccc(CCNCc2cc(C)sc2C)c1. The second-order valence-corrected chi connectivity index (χ2v) is 6.31. The van der Waals surface area contributed by atoms with E-state index in [9.17, 15) is 0 Å². The van der Waals surface area contributed by atoms with Gasteiger partial charge < -0.3 is 5.32 Å². The van der Waals surface area contributed by atoms with Gasteiger partial charge in [0, 0.05) is 16.3 Å². The molecule has 0 radical (unpaired) electrons. The zero-order valence-electron chi connectivity index (χ0n) is 11.4. The summed E-state index contributed by atoms with van der Waals surface area (Å²) >= 11 is 1.89. The molecular formula is C16H21NS. The van der Waals surface area contributed by atoms with Gasteiger partial charge in [-0.05, 0) is 50.9 Å². The second kappa shape index (κ2) is 6.17. The molecule has 2 rings (SSSR count). The lowest BCUT2D eigenvalue weighted by atomic mass is 10.1. The van der Waals surface area contributed by atoms with Crippen LogP contribution in [0.1, 0.15) is 26.4 Å². The highest BCUT2D eigenvalue weighted by Gasteiger charge is 2.01. The lowest BCUT2D eigenvalue weighted by Crippen LogP contribution is -2.16. The number of thiophene rings is 1. The molecule has 1 aromatic heterocycles. The van der Waals surface area contributed by atoms with Gasteiger partial charge in [0.05, 0.1) is 0 Å². The van der Waals surface area contributed by atoms with Crippen LogP contribution in [0.15, 0.2) is 30.3 Å². The minimum Gasteiger partial charge on any atom is -0.312 e. The lowest BCUT2D eigenvalue weighted by Gasteiger charge is -2.05. The summed E-state index contributed by atoms with van der Waals surface area (Å²) in [6, 6.07) is 11.0. The number of hydrogen-bond donors (Lipinski definition) is 1. The molecule has 0 spiro atoms. The van der Waals surface area contributed by atoms with Crippen molar-refractivity contribution in [1.82, 2.24) is 5.32 Å². The monoisotopic (exact) mass is 259 g/mol. The summed E-state index contributed by atoms with van der Waals surface area (Å²) in [5.74, 6) is 0. The van der Waals surface area contributed by atoms with Crippen molar-refractivity contribution in [1.29, 1.82) is 0 Å². The third kappa shape index (κ3) is 3.69. The fourth-order valence-electron chi connectivity index (χ4n) is 2.18. The Labute approximate surface area is 114 Å². The fourth-order valence-corrected chi connectivity index (χ4v) is 3.13. The average Bonchev–Trinajstić information content (AvgIpc) is 2.64. The molecule has 1 N–H and O–H groups in total. The number of aryl methyl sites for hydroxylation is 3. The zero-order chi connectivity index (χ0) is 13.0. The molecule has 2 heteroatoms. The molecular weight excluding hydrogens is 238 g/mol. The van der Waals surface area contributed by atoms with Gasteiger partial charge in [0.1, 0.15) is 0 Å². The van der Waals surface area contributed by atoms with Crippen LogP contribution < -0.4 is 5.32 Å². The van der Waals surface area contributed by atoms with Crippen LogP contribution >= 0.6 is 11.3 Å². The van der Waals surface area contributed by atoms with E-state index < -0.39 is 0 Å². The highest BCUT2D eigenvalue weighted by Crippen LogP contribution is 2.20. The van der Waals surface area contributed by atoms with Gasteiger partial charge in [0.25, 0.3) is 0 Å². The molecule has 1 nitrogen and oxygen atoms in total. The van der Waals surface area contributed by atoms with E-state index in [1.807, 2.05) is 11.3 Å². The van der Waals surface area contributed by atoms with E-state index in [0.717, 1.165) is 19.5 Å². The van der Waals surface area contributed by atoms with Crippen molar-refractivity contribution < 1.29 is 0 Å². The number of rotatable bonds is 5. The summed E-state index contributed by atoms with van der Waals surface area (Å²) in [5.41, 5.74) is 4.21. The molecule has 0 bridgehead atoms. The number of hydrogen-bond acceptors (Lipinski definition) is 2. The summed E-state index contributed by atoms with van der Waals surface area (Å²) < 4.78 is 0. The molecule has 2 aromatic rings. The van der Waals surface area contributed by atoms with E-state index in [4.69, 9.17) is 0 Å². The van der Waals surface area contributed by atoms with Crippen LogP contribution in [0.3, 0.4) is 0 Å². The van der Waals surface area contributed by atoms with Crippen molar-refractivity contribution >= 4 is 11.3 Å². The quantitative estimate of drug-likeness (QED) is 0.800. The van der Waals surface area contributed by atoms with E-state index >= 15 is 0 Å². The van der Waals surface area contributed by atoms with Crippen LogP contribution in [0, 0.1) is 20.8 Å². The second-order valence-electron chi connectivity index (χ2n) is 4.85. The molecule has 0 saturated carbocycles. The van der Waals surface area contributed by atoms with Gasteiger partial charge in [-0.15, -0.1) is 11.3 Å². The smallest absolute Gasteiger partial charge is 0.0216 e. The molecule has 0 unspecified atom stereocenters. The van der Waals surface area contributed by atoms with E-state index in [0.29, 0.717) is 0 Å².